The number of nitro groups is 1. The number of hydrogen-bond donors (Lipinski definition) is 1. The number of nitrogens with zero attached hydrogens (tertiary/aromatic N) is 4. The summed E-state index contributed by atoms with van der Waals surface area (Å²) < 4.78 is 5.75. The predicted molar refractivity (Wildman–Crippen MR) is 110 cm³/mol. The van der Waals surface area contributed by atoms with Crippen LogP contribution in [-0.4, -0.2) is 37.2 Å². The lowest BCUT2D eigenvalue weighted by molar-refractivity contribution is -0.384. The summed E-state index contributed by atoms with van der Waals surface area (Å²) >= 11 is 5.63. The van der Waals surface area contributed by atoms with E-state index in [4.69, 9.17) is 16.6 Å². The maximum Gasteiger partial charge on any atom is 0.270 e. The normalized spacial score (nSPS) is 14.8. The van der Waals surface area contributed by atoms with Crippen LogP contribution in [0.25, 0.3) is 11.5 Å². The number of benzene rings is 1. The maximum absolute atomic E-state index is 11.0. The molecule has 1 aliphatic carbocycles. The van der Waals surface area contributed by atoms with Crippen LogP contribution in [-0.2, 0) is 6.54 Å². The Bertz CT molecular complexity index is 832. The molecule has 2 aromatic rings. The molecule has 1 heterocycles. The largest absolute Gasteiger partial charge is 0.419 e. The molecule has 150 valence electrons. The van der Waals surface area contributed by atoms with Gasteiger partial charge in [0, 0.05) is 29.8 Å². The smallest absolute Gasteiger partial charge is 0.270 e. The lowest BCUT2D eigenvalue weighted by Crippen LogP contribution is -2.47. The Hall–Kier alpha value is -2.55. The highest BCUT2D eigenvalue weighted by atomic mass is 32.1. The minimum absolute atomic E-state index is 0.0149. The number of rotatable bonds is 6. The monoisotopic (exact) mass is 403 g/mol. The summed E-state index contributed by atoms with van der Waals surface area (Å²) in [7, 11) is 0. The van der Waals surface area contributed by atoms with Crippen LogP contribution in [0.2, 0.25) is 0 Å². The molecule has 1 fully saturated rings. The van der Waals surface area contributed by atoms with E-state index in [0.29, 0.717) is 29.2 Å². The van der Waals surface area contributed by atoms with Gasteiger partial charge in [0.25, 0.3) is 5.69 Å². The summed E-state index contributed by atoms with van der Waals surface area (Å²) in [6, 6.07) is 6.74. The summed E-state index contributed by atoms with van der Waals surface area (Å²) in [6.07, 6.45) is 6.05. The van der Waals surface area contributed by atoms with Gasteiger partial charge in [0.2, 0.25) is 11.8 Å². The standard InChI is InChI=1S/C19H25N5O3S/c1-13(2)23(19(28)20-15-8-4-3-5-9-15)12-17-21-22-18(27-17)14-7-6-10-16(11-14)24(25)26/h6-7,10-11,13,15H,3-5,8-9,12H2,1-2H3,(H,20,28). The van der Waals surface area contributed by atoms with Crippen LogP contribution < -0.4 is 5.32 Å². The second kappa shape index (κ2) is 9.09. The first-order valence-electron chi connectivity index (χ1n) is 9.58. The molecule has 1 saturated carbocycles. The Kier molecular flexibility index (Phi) is 6.56. The molecule has 1 aromatic heterocycles. The van der Waals surface area contributed by atoms with Gasteiger partial charge < -0.3 is 14.6 Å². The van der Waals surface area contributed by atoms with Gasteiger partial charge in [0.15, 0.2) is 5.11 Å². The summed E-state index contributed by atoms with van der Waals surface area (Å²) in [5.41, 5.74) is 0.505. The first kappa shape index (κ1) is 20.2. The van der Waals surface area contributed by atoms with Crippen LogP contribution in [0.1, 0.15) is 51.8 Å². The second-order valence-electron chi connectivity index (χ2n) is 7.31. The van der Waals surface area contributed by atoms with Crippen molar-refractivity contribution in [3.63, 3.8) is 0 Å². The molecule has 0 spiro atoms. The van der Waals surface area contributed by atoms with Gasteiger partial charge in [0.05, 0.1) is 11.5 Å². The van der Waals surface area contributed by atoms with E-state index in [2.05, 4.69) is 29.4 Å². The Morgan fingerprint density at radius 1 is 1.36 bits per heavy atom. The van der Waals surface area contributed by atoms with Crippen molar-refractivity contribution in [3.05, 3.63) is 40.3 Å². The molecular weight excluding hydrogens is 378 g/mol. The van der Waals surface area contributed by atoms with Crippen molar-refractivity contribution >= 4 is 23.0 Å². The molecule has 1 aromatic carbocycles. The summed E-state index contributed by atoms with van der Waals surface area (Å²) in [4.78, 5) is 12.5. The highest BCUT2D eigenvalue weighted by molar-refractivity contribution is 7.80. The van der Waals surface area contributed by atoms with Crippen molar-refractivity contribution in [3.8, 4) is 11.5 Å². The third-order valence-electron chi connectivity index (χ3n) is 4.89. The van der Waals surface area contributed by atoms with Gasteiger partial charge in [-0.05, 0) is 45.0 Å². The summed E-state index contributed by atoms with van der Waals surface area (Å²) in [5.74, 6) is 0.677. The van der Waals surface area contributed by atoms with E-state index >= 15 is 0 Å². The Morgan fingerprint density at radius 3 is 2.79 bits per heavy atom. The summed E-state index contributed by atoms with van der Waals surface area (Å²) in [5, 5.41) is 23.3. The molecule has 8 nitrogen and oxygen atoms in total. The molecule has 0 amide bonds. The average Bonchev–Trinajstić information content (AvgIpc) is 3.15. The predicted octanol–water partition coefficient (Wildman–Crippen LogP) is 4.06. The molecule has 0 radical (unpaired) electrons. The minimum Gasteiger partial charge on any atom is -0.419 e. The van der Waals surface area contributed by atoms with Crippen molar-refractivity contribution in [1.82, 2.24) is 20.4 Å². The van der Waals surface area contributed by atoms with E-state index in [1.165, 1.54) is 31.4 Å². The van der Waals surface area contributed by atoms with Crippen LogP contribution in [0, 0.1) is 10.1 Å². The zero-order valence-corrected chi connectivity index (χ0v) is 16.9. The van der Waals surface area contributed by atoms with E-state index in [1.54, 1.807) is 12.1 Å². The average molecular weight is 404 g/mol. The quantitative estimate of drug-likeness (QED) is 0.438. The number of nitro benzene ring substituents is 1. The lowest BCUT2D eigenvalue weighted by atomic mass is 9.96. The number of thiocarbonyl (C=S) groups is 1. The molecule has 9 heteroatoms. The molecule has 1 N–H and O–H groups in total. The number of non-ortho nitro benzene ring substituents is 1. The fraction of sp³-hybridized carbons (Fsp3) is 0.526. The van der Waals surface area contributed by atoms with Crippen molar-refractivity contribution in [2.75, 3.05) is 0 Å². The van der Waals surface area contributed by atoms with Gasteiger partial charge in [-0.25, -0.2) is 0 Å². The Labute approximate surface area is 169 Å². The van der Waals surface area contributed by atoms with Gasteiger partial charge in [-0.1, -0.05) is 25.3 Å². The minimum atomic E-state index is -0.448. The first-order valence-corrected chi connectivity index (χ1v) is 9.99. The number of hydrogen-bond acceptors (Lipinski definition) is 6. The van der Waals surface area contributed by atoms with Crippen LogP contribution in [0.5, 0.6) is 0 Å². The maximum atomic E-state index is 11.0. The lowest BCUT2D eigenvalue weighted by Gasteiger charge is -2.32. The molecule has 0 bridgehead atoms. The molecule has 0 atom stereocenters. The molecule has 28 heavy (non-hydrogen) atoms. The fourth-order valence-corrected chi connectivity index (χ4v) is 3.77. The second-order valence-corrected chi connectivity index (χ2v) is 7.70. The Morgan fingerprint density at radius 2 is 2.11 bits per heavy atom. The third-order valence-corrected chi connectivity index (χ3v) is 5.25. The Balaban J connectivity index is 1.69. The van der Waals surface area contributed by atoms with Crippen molar-refractivity contribution < 1.29 is 9.34 Å². The molecule has 0 aliphatic heterocycles. The zero-order valence-electron chi connectivity index (χ0n) is 16.1. The SMILES string of the molecule is CC(C)N(Cc1nnc(-c2cccc([N+](=O)[O-])c2)o1)C(=S)NC1CCCCC1. The summed E-state index contributed by atoms with van der Waals surface area (Å²) in [6.45, 7) is 4.51. The van der Waals surface area contributed by atoms with Gasteiger partial charge in [-0.15, -0.1) is 10.2 Å². The van der Waals surface area contributed by atoms with Crippen molar-refractivity contribution in [2.45, 2.75) is 64.6 Å². The molecule has 0 saturated heterocycles. The molecule has 3 rings (SSSR count). The third kappa shape index (κ3) is 5.03. The van der Waals surface area contributed by atoms with Gasteiger partial charge in [0.1, 0.15) is 0 Å². The number of nitrogens with one attached hydrogen (secondary N) is 1. The van der Waals surface area contributed by atoms with E-state index in [-0.39, 0.29) is 17.6 Å². The van der Waals surface area contributed by atoms with Gasteiger partial charge in [-0.2, -0.15) is 0 Å². The number of aromatic nitrogens is 2. The molecule has 0 unspecified atom stereocenters. The van der Waals surface area contributed by atoms with Gasteiger partial charge in [-0.3, -0.25) is 10.1 Å². The van der Waals surface area contributed by atoms with E-state index < -0.39 is 4.92 Å². The van der Waals surface area contributed by atoms with E-state index in [9.17, 15) is 10.1 Å². The van der Waals surface area contributed by atoms with Crippen molar-refractivity contribution in [1.29, 1.82) is 0 Å². The topological polar surface area (TPSA) is 97.3 Å². The van der Waals surface area contributed by atoms with Crippen molar-refractivity contribution in [2.24, 2.45) is 0 Å². The fourth-order valence-electron chi connectivity index (χ4n) is 3.33. The van der Waals surface area contributed by atoms with Crippen LogP contribution in [0.4, 0.5) is 5.69 Å². The van der Waals surface area contributed by atoms with Crippen LogP contribution >= 0.6 is 12.2 Å². The van der Waals surface area contributed by atoms with Crippen LogP contribution in [0.15, 0.2) is 28.7 Å². The molecule has 1 aliphatic rings. The highest BCUT2D eigenvalue weighted by Gasteiger charge is 2.22. The van der Waals surface area contributed by atoms with E-state index in [1.807, 2.05) is 4.90 Å². The van der Waals surface area contributed by atoms with Crippen LogP contribution in [0.3, 0.4) is 0 Å². The van der Waals surface area contributed by atoms with E-state index in [0.717, 1.165) is 12.8 Å². The van der Waals surface area contributed by atoms with Gasteiger partial charge >= 0.3 is 0 Å². The highest BCUT2D eigenvalue weighted by Crippen LogP contribution is 2.23. The zero-order chi connectivity index (χ0) is 20.1. The molecular formula is C19H25N5O3S. The first-order chi connectivity index (χ1) is 13.4.